The normalized spacial score (nSPS) is 10.5. The third kappa shape index (κ3) is 4.96. The minimum atomic E-state index is -2.76. The first-order chi connectivity index (χ1) is 7.72. The molecule has 0 bridgehead atoms. The lowest BCUT2D eigenvalue weighted by Crippen LogP contribution is -2.03. The summed E-state index contributed by atoms with van der Waals surface area (Å²) in [7, 11) is 0. The minimum Gasteiger partial charge on any atom is -0.435 e. The molecular weight excluding hydrogens is 212 g/mol. The maximum Gasteiger partial charge on any atom is 0.387 e. The van der Waals surface area contributed by atoms with Crippen molar-refractivity contribution in [3.05, 3.63) is 24.3 Å². The first-order valence-corrected chi connectivity index (χ1v) is 5.51. The molecule has 90 valence electrons. The fraction of sp³-hybridized carbons (Fsp3) is 0.500. The lowest BCUT2D eigenvalue weighted by Gasteiger charge is -2.07. The quantitative estimate of drug-likeness (QED) is 0.716. The molecular formula is C12H17F2NO. The molecule has 0 fully saturated rings. The van der Waals surface area contributed by atoms with Crippen LogP contribution in [-0.2, 0) is 0 Å². The summed E-state index contributed by atoms with van der Waals surface area (Å²) in [6.07, 6.45) is 3.49. The van der Waals surface area contributed by atoms with Crippen molar-refractivity contribution in [3.63, 3.8) is 0 Å². The summed E-state index contributed by atoms with van der Waals surface area (Å²) in [5.41, 5.74) is 0.928. The molecule has 0 aliphatic rings. The van der Waals surface area contributed by atoms with Gasteiger partial charge in [-0.3, -0.25) is 0 Å². The SMILES string of the molecule is CCCCCNc1ccc(OC(F)F)cc1. The van der Waals surface area contributed by atoms with Gasteiger partial charge in [0, 0.05) is 12.2 Å². The second kappa shape index (κ2) is 7.04. The third-order valence-corrected chi connectivity index (χ3v) is 2.19. The molecule has 0 amide bonds. The summed E-state index contributed by atoms with van der Waals surface area (Å²) < 4.78 is 28.0. The van der Waals surface area contributed by atoms with E-state index in [9.17, 15) is 8.78 Å². The molecule has 0 saturated heterocycles. The highest BCUT2D eigenvalue weighted by atomic mass is 19.3. The first kappa shape index (κ1) is 12.7. The molecule has 1 N–H and O–H groups in total. The van der Waals surface area contributed by atoms with Gasteiger partial charge in [0.05, 0.1) is 0 Å². The fourth-order valence-corrected chi connectivity index (χ4v) is 1.36. The van der Waals surface area contributed by atoms with Gasteiger partial charge in [0.25, 0.3) is 0 Å². The van der Waals surface area contributed by atoms with Gasteiger partial charge >= 0.3 is 6.61 Å². The van der Waals surface area contributed by atoms with Crippen LogP contribution in [-0.4, -0.2) is 13.2 Å². The van der Waals surface area contributed by atoms with Crippen molar-refractivity contribution in [1.29, 1.82) is 0 Å². The molecule has 4 heteroatoms. The highest BCUT2D eigenvalue weighted by Crippen LogP contribution is 2.17. The van der Waals surface area contributed by atoms with Crippen molar-refractivity contribution < 1.29 is 13.5 Å². The Balaban J connectivity index is 2.33. The molecule has 2 nitrogen and oxygen atoms in total. The van der Waals surface area contributed by atoms with E-state index in [1.165, 1.54) is 25.0 Å². The molecule has 0 heterocycles. The number of alkyl halides is 2. The Morgan fingerprint density at radius 2 is 1.88 bits per heavy atom. The van der Waals surface area contributed by atoms with E-state index in [2.05, 4.69) is 17.0 Å². The van der Waals surface area contributed by atoms with Crippen LogP contribution < -0.4 is 10.1 Å². The Kier molecular flexibility index (Phi) is 5.61. The Bertz CT molecular complexity index is 288. The summed E-state index contributed by atoms with van der Waals surface area (Å²) in [6.45, 7) is 0.294. The van der Waals surface area contributed by atoms with Gasteiger partial charge in [0.15, 0.2) is 0 Å². The van der Waals surface area contributed by atoms with Crippen LogP contribution in [0.4, 0.5) is 14.5 Å². The van der Waals surface area contributed by atoms with Crippen molar-refractivity contribution in [2.24, 2.45) is 0 Å². The molecule has 1 aromatic rings. The predicted molar refractivity (Wildman–Crippen MR) is 61.1 cm³/mol. The highest BCUT2D eigenvalue weighted by molar-refractivity contribution is 5.46. The van der Waals surface area contributed by atoms with Crippen LogP contribution in [0.2, 0.25) is 0 Å². The Hall–Kier alpha value is -1.32. The molecule has 0 atom stereocenters. The van der Waals surface area contributed by atoms with Gasteiger partial charge in [-0.2, -0.15) is 8.78 Å². The average Bonchev–Trinajstić information content (AvgIpc) is 2.26. The van der Waals surface area contributed by atoms with Gasteiger partial charge in [-0.05, 0) is 30.7 Å². The Labute approximate surface area is 94.6 Å². The highest BCUT2D eigenvalue weighted by Gasteiger charge is 2.03. The van der Waals surface area contributed by atoms with E-state index in [4.69, 9.17) is 0 Å². The van der Waals surface area contributed by atoms with E-state index < -0.39 is 6.61 Å². The molecule has 0 aliphatic heterocycles. The van der Waals surface area contributed by atoms with Crippen molar-refractivity contribution >= 4 is 5.69 Å². The molecule has 0 spiro atoms. The minimum absolute atomic E-state index is 0.189. The average molecular weight is 229 g/mol. The predicted octanol–water partition coefficient (Wildman–Crippen LogP) is 3.89. The zero-order valence-corrected chi connectivity index (χ0v) is 9.38. The van der Waals surface area contributed by atoms with Crippen molar-refractivity contribution in [1.82, 2.24) is 0 Å². The first-order valence-electron chi connectivity index (χ1n) is 5.51. The molecule has 0 unspecified atom stereocenters. The van der Waals surface area contributed by atoms with Gasteiger partial charge < -0.3 is 10.1 Å². The van der Waals surface area contributed by atoms with Crippen LogP contribution in [0.25, 0.3) is 0 Å². The summed E-state index contributed by atoms with van der Waals surface area (Å²) in [5, 5.41) is 3.22. The van der Waals surface area contributed by atoms with Gasteiger partial charge in [-0.15, -0.1) is 0 Å². The maximum absolute atomic E-state index is 11.9. The Morgan fingerprint density at radius 3 is 2.44 bits per heavy atom. The maximum atomic E-state index is 11.9. The van der Waals surface area contributed by atoms with Gasteiger partial charge in [-0.25, -0.2) is 0 Å². The molecule has 0 aromatic heterocycles. The van der Waals surface area contributed by atoms with E-state index in [1.807, 2.05) is 0 Å². The number of ether oxygens (including phenoxy) is 1. The van der Waals surface area contributed by atoms with Crippen LogP contribution in [0.1, 0.15) is 26.2 Å². The number of hydrogen-bond donors (Lipinski definition) is 1. The molecule has 0 radical (unpaired) electrons. The number of hydrogen-bond acceptors (Lipinski definition) is 2. The number of rotatable bonds is 7. The fourth-order valence-electron chi connectivity index (χ4n) is 1.36. The van der Waals surface area contributed by atoms with E-state index in [1.54, 1.807) is 12.1 Å². The van der Waals surface area contributed by atoms with Crippen LogP contribution in [0.3, 0.4) is 0 Å². The number of benzene rings is 1. The summed E-state index contributed by atoms with van der Waals surface area (Å²) in [5.74, 6) is 0.189. The molecule has 0 aliphatic carbocycles. The van der Waals surface area contributed by atoms with Crippen molar-refractivity contribution in [2.75, 3.05) is 11.9 Å². The van der Waals surface area contributed by atoms with Gasteiger partial charge in [-0.1, -0.05) is 19.8 Å². The third-order valence-electron chi connectivity index (χ3n) is 2.19. The van der Waals surface area contributed by atoms with Crippen LogP contribution in [0.15, 0.2) is 24.3 Å². The zero-order chi connectivity index (χ0) is 11.8. The number of anilines is 1. The van der Waals surface area contributed by atoms with Crippen LogP contribution in [0.5, 0.6) is 5.75 Å². The monoisotopic (exact) mass is 229 g/mol. The molecule has 1 rings (SSSR count). The summed E-state index contributed by atoms with van der Waals surface area (Å²) in [6, 6.07) is 6.55. The van der Waals surface area contributed by atoms with Gasteiger partial charge in [0.1, 0.15) is 5.75 Å². The van der Waals surface area contributed by atoms with Gasteiger partial charge in [0.2, 0.25) is 0 Å². The van der Waals surface area contributed by atoms with E-state index >= 15 is 0 Å². The Morgan fingerprint density at radius 1 is 1.19 bits per heavy atom. The summed E-state index contributed by atoms with van der Waals surface area (Å²) in [4.78, 5) is 0. The largest absolute Gasteiger partial charge is 0.435 e. The van der Waals surface area contributed by atoms with Crippen molar-refractivity contribution in [3.8, 4) is 5.75 Å². The topological polar surface area (TPSA) is 21.3 Å². The molecule has 1 aromatic carbocycles. The lowest BCUT2D eigenvalue weighted by atomic mass is 10.2. The van der Waals surface area contributed by atoms with Crippen molar-refractivity contribution in [2.45, 2.75) is 32.8 Å². The van der Waals surface area contributed by atoms with E-state index in [0.717, 1.165) is 18.7 Å². The lowest BCUT2D eigenvalue weighted by molar-refractivity contribution is -0.0498. The number of unbranched alkanes of at least 4 members (excludes halogenated alkanes) is 2. The molecule has 16 heavy (non-hydrogen) atoms. The smallest absolute Gasteiger partial charge is 0.387 e. The summed E-state index contributed by atoms with van der Waals surface area (Å²) >= 11 is 0. The number of nitrogens with one attached hydrogen (secondary N) is 1. The standard InChI is InChI=1S/C12H17F2NO/c1-2-3-4-9-15-10-5-7-11(8-6-10)16-12(13)14/h5-8,12,15H,2-4,9H2,1H3. The van der Waals surface area contributed by atoms with E-state index in [-0.39, 0.29) is 5.75 Å². The second-order valence-corrected chi connectivity index (χ2v) is 3.54. The second-order valence-electron chi connectivity index (χ2n) is 3.54. The molecule has 0 saturated carbocycles. The van der Waals surface area contributed by atoms with Crippen LogP contribution in [0, 0.1) is 0 Å². The van der Waals surface area contributed by atoms with E-state index in [0.29, 0.717) is 0 Å². The number of halogens is 2. The van der Waals surface area contributed by atoms with Crippen LogP contribution >= 0.6 is 0 Å². The zero-order valence-electron chi connectivity index (χ0n) is 9.38.